The van der Waals surface area contributed by atoms with Gasteiger partial charge in [0.05, 0.1) is 16.2 Å². The first-order chi connectivity index (χ1) is 13.5. The highest BCUT2D eigenvalue weighted by Crippen LogP contribution is 2.29. The normalized spacial score (nSPS) is 10.5. The SMILES string of the molecule is O=C(NCCCNC(=O)c1ccc(-c2ccc(Cl)c(Cl)c2)o1)c1cnccn1. The van der Waals surface area contributed by atoms with Crippen LogP contribution in [0.2, 0.25) is 10.0 Å². The number of amides is 2. The molecule has 0 aliphatic heterocycles. The molecular weight excluding hydrogens is 403 g/mol. The van der Waals surface area contributed by atoms with E-state index in [2.05, 4.69) is 20.6 Å². The van der Waals surface area contributed by atoms with Crippen LogP contribution in [0.25, 0.3) is 11.3 Å². The minimum atomic E-state index is -0.341. The van der Waals surface area contributed by atoms with E-state index in [4.69, 9.17) is 27.6 Å². The van der Waals surface area contributed by atoms with Crippen LogP contribution in [0, 0.1) is 0 Å². The van der Waals surface area contributed by atoms with Gasteiger partial charge in [-0.3, -0.25) is 14.6 Å². The molecule has 0 saturated carbocycles. The topological polar surface area (TPSA) is 97.1 Å². The number of rotatable bonds is 7. The molecule has 2 N–H and O–H groups in total. The highest BCUT2D eigenvalue weighted by Gasteiger charge is 2.13. The summed E-state index contributed by atoms with van der Waals surface area (Å²) in [6.45, 7) is 0.769. The molecule has 2 aromatic heterocycles. The fourth-order valence-electron chi connectivity index (χ4n) is 2.35. The van der Waals surface area contributed by atoms with Crippen LogP contribution >= 0.6 is 23.2 Å². The van der Waals surface area contributed by atoms with Gasteiger partial charge in [0.25, 0.3) is 11.8 Å². The van der Waals surface area contributed by atoms with Gasteiger partial charge in [0.15, 0.2) is 5.76 Å². The summed E-state index contributed by atoms with van der Waals surface area (Å²) in [5.41, 5.74) is 0.970. The average Bonchev–Trinajstić information content (AvgIpc) is 3.20. The number of nitrogens with zero attached hydrogens (tertiary/aromatic N) is 2. The van der Waals surface area contributed by atoms with E-state index in [1.165, 1.54) is 18.6 Å². The van der Waals surface area contributed by atoms with Gasteiger partial charge in [-0.25, -0.2) is 4.98 Å². The lowest BCUT2D eigenvalue weighted by Crippen LogP contribution is -2.30. The van der Waals surface area contributed by atoms with Crippen LogP contribution in [0.5, 0.6) is 0 Å². The van der Waals surface area contributed by atoms with Crippen molar-refractivity contribution in [2.45, 2.75) is 6.42 Å². The third-order valence-corrected chi connectivity index (χ3v) is 4.49. The summed E-state index contributed by atoms with van der Waals surface area (Å²) in [7, 11) is 0. The number of hydrogen-bond acceptors (Lipinski definition) is 5. The number of hydrogen-bond donors (Lipinski definition) is 2. The Morgan fingerprint density at radius 3 is 2.46 bits per heavy atom. The summed E-state index contributed by atoms with van der Waals surface area (Å²) in [5.74, 6) is 0.0490. The van der Waals surface area contributed by atoms with Crippen molar-refractivity contribution < 1.29 is 14.0 Å². The zero-order valence-corrected chi connectivity index (χ0v) is 16.1. The van der Waals surface area contributed by atoms with Gasteiger partial charge in [-0.1, -0.05) is 23.2 Å². The Bertz CT molecular complexity index is 976. The van der Waals surface area contributed by atoms with Crippen LogP contribution in [0.4, 0.5) is 0 Å². The highest BCUT2D eigenvalue weighted by molar-refractivity contribution is 6.42. The summed E-state index contributed by atoms with van der Waals surface area (Å²) in [6, 6.07) is 8.37. The molecule has 7 nitrogen and oxygen atoms in total. The molecule has 2 amide bonds. The third-order valence-electron chi connectivity index (χ3n) is 3.75. The quantitative estimate of drug-likeness (QED) is 0.571. The molecule has 0 fully saturated rings. The molecule has 0 bridgehead atoms. The maximum Gasteiger partial charge on any atom is 0.287 e. The fraction of sp³-hybridized carbons (Fsp3) is 0.158. The predicted molar refractivity (Wildman–Crippen MR) is 105 cm³/mol. The standard InChI is InChI=1S/C19H16Cl2N4O3/c20-13-3-2-12(10-14(13)21)16-4-5-17(28-16)19(27)25-7-1-6-24-18(26)15-11-22-8-9-23-15/h2-5,8-11H,1,6-7H2,(H,24,26)(H,25,27). The monoisotopic (exact) mass is 418 g/mol. The summed E-state index contributed by atoms with van der Waals surface area (Å²) in [4.78, 5) is 31.7. The van der Waals surface area contributed by atoms with Crippen molar-refractivity contribution >= 4 is 35.0 Å². The summed E-state index contributed by atoms with van der Waals surface area (Å²) in [6.07, 6.45) is 4.89. The number of aromatic nitrogens is 2. The summed E-state index contributed by atoms with van der Waals surface area (Å²) in [5, 5.41) is 6.30. The van der Waals surface area contributed by atoms with Crippen molar-refractivity contribution in [3.05, 3.63) is 70.4 Å². The van der Waals surface area contributed by atoms with E-state index in [1.807, 2.05) is 0 Å². The smallest absolute Gasteiger partial charge is 0.287 e. The maximum atomic E-state index is 12.2. The Kier molecular flexibility index (Phi) is 6.62. The minimum absolute atomic E-state index is 0.185. The van der Waals surface area contributed by atoms with Crippen molar-refractivity contribution in [1.82, 2.24) is 20.6 Å². The number of carbonyl (C=O) groups is 2. The van der Waals surface area contributed by atoms with E-state index < -0.39 is 0 Å². The van der Waals surface area contributed by atoms with Crippen LogP contribution in [0.1, 0.15) is 27.5 Å². The van der Waals surface area contributed by atoms with Crippen LogP contribution in [-0.2, 0) is 0 Å². The first-order valence-electron chi connectivity index (χ1n) is 8.42. The molecule has 0 saturated heterocycles. The van der Waals surface area contributed by atoms with E-state index in [1.54, 1.807) is 30.3 Å². The number of nitrogens with one attached hydrogen (secondary N) is 2. The van der Waals surface area contributed by atoms with Crippen LogP contribution in [0.15, 0.2) is 53.3 Å². The predicted octanol–water partition coefficient (Wildman–Crippen LogP) is 3.59. The Morgan fingerprint density at radius 1 is 0.964 bits per heavy atom. The van der Waals surface area contributed by atoms with E-state index in [9.17, 15) is 9.59 Å². The fourth-order valence-corrected chi connectivity index (χ4v) is 2.65. The molecule has 1 aromatic carbocycles. The van der Waals surface area contributed by atoms with E-state index >= 15 is 0 Å². The van der Waals surface area contributed by atoms with Crippen molar-refractivity contribution in [2.24, 2.45) is 0 Å². The molecule has 0 aliphatic carbocycles. The molecule has 28 heavy (non-hydrogen) atoms. The van der Waals surface area contributed by atoms with E-state index in [-0.39, 0.29) is 23.3 Å². The van der Waals surface area contributed by atoms with Gasteiger partial charge in [0.2, 0.25) is 0 Å². The number of furan rings is 1. The Labute approximate surface area is 171 Å². The van der Waals surface area contributed by atoms with Gasteiger partial charge in [0.1, 0.15) is 11.5 Å². The molecule has 0 spiro atoms. The lowest BCUT2D eigenvalue weighted by Gasteiger charge is -2.05. The first kappa shape index (κ1) is 19.9. The molecule has 2 heterocycles. The second kappa shape index (κ2) is 9.34. The molecule has 3 aromatic rings. The molecule has 144 valence electrons. The Morgan fingerprint density at radius 2 is 1.75 bits per heavy atom. The van der Waals surface area contributed by atoms with Gasteiger partial charge in [0, 0.05) is 31.0 Å². The second-order valence-electron chi connectivity index (χ2n) is 5.75. The zero-order valence-electron chi connectivity index (χ0n) is 14.6. The van der Waals surface area contributed by atoms with Gasteiger partial charge in [-0.15, -0.1) is 0 Å². The lowest BCUT2D eigenvalue weighted by molar-refractivity contribution is 0.0926. The molecule has 0 aliphatic rings. The third kappa shape index (κ3) is 5.09. The molecule has 0 atom stereocenters. The zero-order chi connectivity index (χ0) is 19.9. The van der Waals surface area contributed by atoms with E-state index in [0.29, 0.717) is 35.3 Å². The first-order valence-corrected chi connectivity index (χ1v) is 9.18. The molecule has 0 radical (unpaired) electrons. The van der Waals surface area contributed by atoms with E-state index in [0.717, 1.165) is 5.56 Å². The van der Waals surface area contributed by atoms with Gasteiger partial charge >= 0.3 is 0 Å². The van der Waals surface area contributed by atoms with Crippen molar-refractivity contribution in [3.63, 3.8) is 0 Å². The lowest BCUT2D eigenvalue weighted by atomic mass is 10.2. The van der Waals surface area contributed by atoms with Crippen molar-refractivity contribution in [2.75, 3.05) is 13.1 Å². The number of benzene rings is 1. The van der Waals surface area contributed by atoms with Gasteiger partial charge in [-0.05, 0) is 36.8 Å². The van der Waals surface area contributed by atoms with Gasteiger partial charge in [-0.2, -0.15) is 0 Å². The number of carbonyl (C=O) groups excluding carboxylic acids is 2. The summed E-state index contributed by atoms with van der Waals surface area (Å²) < 4.78 is 5.58. The van der Waals surface area contributed by atoms with Crippen molar-refractivity contribution in [3.8, 4) is 11.3 Å². The average molecular weight is 419 g/mol. The highest BCUT2D eigenvalue weighted by atomic mass is 35.5. The van der Waals surface area contributed by atoms with Crippen molar-refractivity contribution in [1.29, 1.82) is 0 Å². The largest absolute Gasteiger partial charge is 0.451 e. The Hall–Kier alpha value is -2.90. The molecule has 3 rings (SSSR count). The second-order valence-corrected chi connectivity index (χ2v) is 6.56. The maximum absolute atomic E-state index is 12.2. The summed E-state index contributed by atoms with van der Waals surface area (Å²) >= 11 is 11.9. The minimum Gasteiger partial charge on any atom is -0.451 e. The molecule has 9 heteroatoms. The van der Waals surface area contributed by atoms with Gasteiger partial charge < -0.3 is 15.1 Å². The molecular formula is C19H16Cl2N4O3. The van der Waals surface area contributed by atoms with Crippen LogP contribution < -0.4 is 10.6 Å². The number of halogens is 2. The van der Waals surface area contributed by atoms with Crippen LogP contribution in [0.3, 0.4) is 0 Å². The molecule has 0 unspecified atom stereocenters. The Balaban J connectivity index is 1.45. The van der Waals surface area contributed by atoms with Crippen LogP contribution in [-0.4, -0.2) is 34.9 Å².